The molecule has 0 fully saturated rings. The molecule has 0 unspecified atom stereocenters. The maximum atomic E-state index is 12.0. The van der Waals surface area contributed by atoms with Gasteiger partial charge in [-0.2, -0.15) is 0 Å². The molecule has 4 nitrogen and oxygen atoms in total. The molecule has 0 saturated heterocycles. The summed E-state index contributed by atoms with van der Waals surface area (Å²) >= 11 is 0. The van der Waals surface area contributed by atoms with Crippen LogP contribution in [0.25, 0.3) is 0 Å². The standard InChI is InChI=1S/C21H29NO3/c1-20(2,3)15-9-10-18(17(12-15)21(4,5)6)25-14-19(23)22-13-16-8-7-11-24-16/h7-12H,13-14H2,1-6H3,(H,22,23). The number of furan rings is 1. The SMILES string of the molecule is CC(C)(C)c1ccc(OCC(=O)NCc2ccco2)c(C(C)(C)C)c1. The van der Waals surface area contributed by atoms with E-state index in [0.29, 0.717) is 6.54 Å². The highest BCUT2D eigenvalue weighted by Crippen LogP contribution is 2.35. The molecule has 0 aliphatic carbocycles. The molecular formula is C21H29NO3. The molecule has 0 saturated carbocycles. The van der Waals surface area contributed by atoms with Gasteiger partial charge in [0, 0.05) is 0 Å². The number of hydrogen-bond donors (Lipinski definition) is 1. The molecule has 1 aromatic carbocycles. The molecule has 136 valence electrons. The lowest BCUT2D eigenvalue weighted by Gasteiger charge is -2.27. The molecule has 0 atom stereocenters. The van der Waals surface area contributed by atoms with Crippen molar-refractivity contribution >= 4 is 5.91 Å². The molecule has 2 aromatic rings. The molecule has 0 aliphatic rings. The van der Waals surface area contributed by atoms with E-state index in [4.69, 9.17) is 9.15 Å². The Hall–Kier alpha value is -2.23. The Balaban J connectivity index is 2.06. The molecular weight excluding hydrogens is 314 g/mol. The third kappa shape index (κ3) is 5.38. The van der Waals surface area contributed by atoms with Crippen LogP contribution < -0.4 is 10.1 Å². The first kappa shape index (κ1) is 19.1. The third-order valence-corrected chi connectivity index (χ3v) is 4.05. The van der Waals surface area contributed by atoms with E-state index in [-0.39, 0.29) is 23.3 Å². The van der Waals surface area contributed by atoms with Gasteiger partial charge >= 0.3 is 0 Å². The van der Waals surface area contributed by atoms with Crippen molar-refractivity contribution in [2.45, 2.75) is 58.9 Å². The Morgan fingerprint density at radius 3 is 2.36 bits per heavy atom. The summed E-state index contributed by atoms with van der Waals surface area (Å²) in [6.45, 7) is 13.4. The first-order valence-corrected chi connectivity index (χ1v) is 8.64. The van der Waals surface area contributed by atoms with Gasteiger partial charge in [0.15, 0.2) is 6.61 Å². The second-order valence-electron chi connectivity index (χ2n) is 8.36. The number of carbonyl (C=O) groups is 1. The second-order valence-corrected chi connectivity index (χ2v) is 8.36. The van der Waals surface area contributed by atoms with Gasteiger partial charge in [0.2, 0.25) is 0 Å². The van der Waals surface area contributed by atoms with Crippen molar-refractivity contribution in [2.24, 2.45) is 0 Å². The van der Waals surface area contributed by atoms with Crippen LogP contribution in [0, 0.1) is 0 Å². The predicted molar refractivity (Wildman–Crippen MR) is 99.9 cm³/mol. The number of hydrogen-bond acceptors (Lipinski definition) is 3. The van der Waals surface area contributed by atoms with E-state index in [2.05, 4.69) is 59.0 Å². The molecule has 1 heterocycles. The molecule has 0 aliphatic heterocycles. The lowest BCUT2D eigenvalue weighted by Crippen LogP contribution is -2.29. The second kappa shape index (κ2) is 7.34. The van der Waals surface area contributed by atoms with Gasteiger partial charge in [-0.3, -0.25) is 4.79 Å². The highest BCUT2D eigenvalue weighted by Gasteiger charge is 2.23. The zero-order valence-electron chi connectivity index (χ0n) is 16.1. The molecule has 0 radical (unpaired) electrons. The highest BCUT2D eigenvalue weighted by molar-refractivity contribution is 5.77. The van der Waals surface area contributed by atoms with Crippen molar-refractivity contribution in [2.75, 3.05) is 6.61 Å². The summed E-state index contributed by atoms with van der Waals surface area (Å²) in [6.07, 6.45) is 1.59. The van der Waals surface area contributed by atoms with Gasteiger partial charge in [-0.15, -0.1) is 0 Å². The fourth-order valence-electron chi connectivity index (χ4n) is 2.50. The van der Waals surface area contributed by atoms with E-state index in [1.807, 2.05) is 12.1 Å². The van der Waals surface area contributed by atoms with Crippen LogP contribution >= 0.6 is 0 Å². The van der Waals surface area contributed by atoms with E-state index in [1.165, 1.54) is 5.56 Å². The van der Waals surface area contributed by atoms with Crippen molar-refractivity contribution in [1.82, 2.24) is 5.32 Å². The molecule has 1 aromatic heterocycles. The maximum absolute atomic E-state index is 12.0. The average Bonchev–Trinajstić information content (AvgIpc) is 3.02. The first-order valence-electron chi connectivity index (χ1n) is 8.64. The summed E-state index contributed by atoms with van der Waals surface area (Å²) < 4.78 is 11.0. The zero-order chi connectivity index (χ0) is 18.7. The summed E-state index contributed by atoms with van der Waals surface area (Å²) in [5, 5.41) is 2.79. The van der Waals surface area contributed by atoms with Crippen LogP contribution in [0.2, 0.25) is 0 Å². The third-order valence-electron chi connectivity index (χ3n) is 4.05. The van der Waals surface area contributed by atoms with Crippen LogP contribution in [-0.4, -0.2) is 12.5 Å². The molecule has 25 heavy (non-hydrogen) atoms. The van der Waals surface area contributed by atoms with Crippen LogP contribution in [0.5, 0.6) is 5.75 Å². The van der Waals surface area contributed by atoms with Gasteiger partial charge in [-0.25, -0.2) is 0 Å². The van der Waals surface area contributed by atoms with Gasteiger partial charge in [0.25, 0.3) is 5.91 Å². The number of ether oxygens (including phenoxy) is 1. The topological polar surface area (TPSA) is 51.5 Å². The van der Waals surface area contributed by atoms with Crippen molar-refractivity contribution < 1.29 is 13.9 Å². The fourth-order valence-corrected chi connectivity index (χ4v) is 2.50. The minimum Gasteiger partial charge on any atom is -0.483 e. The van der Waals surface area contributed by atoms with Crippen molar-refractivity contribution in [3.8, 4) is 5.75 Å². The molecule has 4 heteroatoms. The van der Waals surface area contributed by atoms with E-state index >= 15 is 0 Å². The minimum atomic E-state index is -0.170. The van der Waals surface area contributed by atoms with Gasteiger partial charge in [-0.1, -0.05) is 53.7 Å². The first-order chi connectivity index (χ1) is 11.6. The van der Waals surface area contributed by atoms with Gasteiger partial charge in [0.05, 0.1) is 12.8 Å². The lowest BCUT2D eigenvalue weighted by molar-refractivity contribution is -0.123. The van der Waals surface area contributed by atoms with Gasteiger partial charge in [-0.05, 0) is 40.2 Å². The summed E-state index contributed by atoms with van der Waals surface area (Å²) in [7, 11) is 0. The summed E-state index contributed by atoms with van der Waals surface area (Å²) in [5.41, 5.74) is 2.37. The normalized spacial score (nSPS) is 12.1. The van der Waals surface area contributed by atoms with Crippen LogP contribution in [0.3, 0.4) is 0 Å². The van der Waals surface area contributed by atoms with Gasteiger partial charge < -0.3 is 14.5 Å². The largest absolute Gasteiger partial charge is 0.483 e. The smallest absolute Gasteiger partial charge is 0.258 e. The van der Waals surface area contributed by atoms with E-state index in [0.717, 1.165) is 17.1 Å². The van der Waals surface area contributed by atoms with Crippen LogP contribution in [-0.2, 0) is 22.2 Å². The van der Waals surface area contributed by atoms with Crippen LogP contribution in [0.15, 0.2) is 41.0 Å². The number of rotatable bonds is 5. The molecule has 0 spiro atoms. The molecule has 0 bridgehead atoms. The number of nitrogens with one attached hydrogen (secondary N) is 1. The van der Waals surface area contributed by atoms with Crippen LogP contribution in [0.4, 0.5) is 0 Å². The average molecular weight is 343 g/mol. The van der Waals surface area contributed by atoms with Crippen molar-refractivity contribution in [3.05, 3.63) is 53.5 Å². The van der Waals surface area contributed by atoms with E-state index < -0.39 is 0 Å². The predicted octanol–water partition coefficient (Wildman–Crippen LogP) is 4.57. The lowest BCUT2D eigenvalue weighted by atomic mass is 9.80. The van der Waals surface area contributed by atoms with Gasteiger partial charge in [0.1, 0.15) is 11.5 Å². The Kier molecular flexibility index (Phi) is 5.61. The maximum Gasteiger partial charge on any atom is 0.258 e. The molecule has 1 amide bonds. The van der Waals surface area contributed by atoms with E-state index in [9.17, 15) is 4.79 Å². The van der Waals surface area contributed by atoms with Crippen molar-refractivity contribution in [1.29, 1.82) is 0 Å². The summed E-state index contributed by atoms with van der Waals surface area (Å²) in [5.74, 6) is 1.31. The number of amides is 1. The number of benzene rings is 1. The minimum absolute atomic E-state index is 0.0152. The number of carbonyl (C=O) groups excluding carboxylic acids is 1. The Morgan fingerprint density at radius 1 is 1.08 bits per heavy atom. The van der Waals surface area contributed by atoms with E-state index in [1.54, 1.807) is 12.3 Å². The quantitative estimate of drug-likeness (QED) is 0.865. The highest BCUT2D eigenvalue weighted by atomic mass is 16.5. The fraction of sp³-hybridized carbons (Fsp3) is 0.476. The van der Waals surface area contributed by atoms with Crippen molar-refractivity contribution in [3.63, 3.8) is 0 Å². The monoisotopic (exact) mass is 343 g/mol. The van der Waals surface area contributed by atoms with Crippen LogP contribution in [0.1, 0.15) is 58.4 Å². The molecule has 2 rings (SSSR count). The summed E-state index contributed by atoms with van der Waals surface area (Å²) in [6, 6.07) is 9.86. The molecule has 1 N–H and O–H groups in total. The Morgan fingerprint density at radius 2 is 1.80 bits per heavy atom. The summed E-state index contributed by atoms with van der Waals surface area (Å²) in [4.78, 5) is 12.0. The Bertz CT molecular complexity index is 704. The zero-order valence-corrected chi connectivity index (χ0v) is 16.1. The Labute approximate surface area is 150 Å².